The molecule has 1 saturated heterocycles. The van der Waals surface area contributed by atoms with Crippen molar-refractivity contribution >= 4 is 25.8 Å². The Hall–Kier alpha value is -0.350. The summed E-state index contributed by atoms with van der Waals surface area (Å²) in [5.74, 6) is 0. The summed E-state index contributed by atoms with van der Waals surface area (Å²) in [5.41, 5.74) is -0.722. The molecule has 2 rings (SSSR count). The second-order valence-electron chi connectivity index (χ2n) is 4.97. The van der Waals surface area contributed by atoms with Crippen LogP contribution >= 0.6 is 25.8 Å². The smallest absolute Gasteiger partial charge is 0.344 e. The van der Waals surface area contributed by atoms with Crippen molar-refractivity contribution in [3.05, 3.63) is 32.6 Å². The molecule has 0 saturated carbocycles. The van der Waals surface area contributed by atoms with E-state index in [1.165, 1.54) is 17.8 Å². The van der Waals surface area contributed by atoms with Gasteiger partial charge < -0.3 is 33.4 Å². The predicted molar refractivity (Wildman–Crippen MR) is 86.9 cm³/mol. The monoisotopic (exact) mass is 418 g/mol. The number of hydrogen-bond donors (Lipinski definition) is 5. The van der Waals surface area contributed by atoms with Crippen LogP contribution in [0.2, 0.25) is 0 Å². The van der Waals surface area contributed by atoms with Crippen LogP contribution in [0.5, 0.6) is 0 Å². The third kappa shape index (κ3) is 6.39. The fourth-order valence-corrected chi connectivity index (χ4v) is 4.03. The summed E-state index contributed by atoms with van der Waals surface area (Å²) in [6.07, 6.45) is 1.53. The Kier molecular flexibility index (Phi) is 8.00. The van der Waals surface area contributed by atoms with E-state index < -0.39 is 49.3 Å². The number of rotatable bonds is 8. The molecular formula is C10H17N2O10P3. The zero-order valence-corrected chi connectivity index (χ0v) is 15.6. The number of hydrogen-bond acceptors (Lipinski definition) is 10. The lowest BCUT2D eigenvalue weighted by molar-refractivity contribution is 0.0139. The van der Waals surface area contributed by atoms with E-state index in [1.807, 2.05) is 0 Å². The van der Waals surface area contributed by atoms with Crippen molar-refractivity contribution in [2.75, 3.05) is 6.61 Å². The number of aromatic amines is 1. The van der Waals surface area contributed by atoms with E-state index in [4.69, 9.17) is 23.9 Å². The standard InChI is InChI=1S/C10H17N2O10P3/c1-12-4-7(9(13)11-10(12)14)8-3-2-6(20-8)5-19-24(17)22-25(18)21-23(15)16/h4,6,8,15-18H,2-3,5H2,1H3,(H,11,13,14)/t6-,8+,24?,25?/m0/s1. The van der Waals surface area contributed by atoms with Crippen LogP contribution in [-0.2, 0) is 24.9 Å². The number of H-pyrrole nitrogens is 1. The number of ether oxygens (including phenoxy) is 1. The minimum Gasteiger partial charge on any atom is -0.368 e. The first-order valence-corrected chi connectivity index (χ1v) is 10.3. The third-order valence-electron chi connectivity index (χ3n) is 3.24. The van der Waals surface area contributed by atoms with Gasteiger partial charge >= 0.3 is 31.5 Å². The Balaban J connectivity index is 1.82. The highest BCUT2D eigenvalue weighted by Gasteiger charge is 2.30. The lowest BCUT2D eigenvalue weighted by atomic mass is 10.1. The van der Waals surface area contributed by atoms with Crippen LogP contribution in [0.4, 0.5) is 0 Å². The summed E-state index contributed by atoms with van der Waals surface area (Å²) in [6.45, 7) is -0.0709. The van der Waals surface area contributed by atoms with Gasteiger partial charge in [-0.15, -0.1) is 0 Å². The third-order valence-corrected chi connectivity index (χ3v) is 5.87. The van der Waals surface area contributed by atoms with Gasteiger partial charge in [0.2, 0.25) is 0 Å². The number of nitrogens with one attached hydrogen (secondary N) is 1. The summed E-state index contributed by atoms with van der Waals surface area (Å²) in [5, 5.41) is 0. The highest BCUT2D eigenvalue weighted by Crippen LogP contribution is 2.55. The second kappa shape index (κ2) is 9.55. The lowest BCUT2D eigenvalue weighted by Gasteiger charge is -2.17. The number of aryl methyl sites for hydroxylation is 1. The highest BCUT2D eigenvalue weighted by molar-refractivity contribution is 7.60. The molecule has 0 amide bonds. The van der Waals surface area contributed by atoms with E-state index in [-0.39, 0.29) is 6.61 Å². The van der Waals surface area contributed by atoms with Gasteiger partial charge in [-0.25, -0.2) is 13.4 Å². The van der Waals surface area contributed by atoms with E-state index in [1.54, 1.807) is 0 Å². The van der Waals surface area contributed by atoms with Crippen LogP contribution in [0, 0.1) is 0 Å². The van der Waals surface area contributed by atoms with Crippen molar-refractivity contribution in [2.45, 2.75) is 25.0 Å². The fraction of sp³-hybridized carbons (Fsp3) is 0.600. The molecule has 5 N–H and O–H groups in total. The first-order chi connectivity index (χ1) is 11.8. The first kappa shape index (κ1) is 21.0. The van der Waals surface area contributed by atoms with Crippen molar-refractivity contribution < 1.29 is 37.5 Å². The van der Waals surface area contributed by atoms with E-state index in [9.17, 15) is 14.5 Å². The normalized spacial score (nSPS) is 23.1. The maximum absolute atomic E-state index is 11.8. The van der Waals surface area contributed by atoms with E-state index in [2.05, 4.69) is 13.6 Å². The first-order valence-electron chi connectivity index (χ1n) is 6.86. The molecule has 1 fully saturated rings. The molecule has 1 aliphatic heterocycles. The van der Waals surface area contributed by atoms with Crippen LogP contribution < -0.4 is 11.2 Å². The van der Waals surface area contributed by atoms with Gasteiger partial charge in [-0.1, -0.05) is 0 Å². The van der Waals surface area contributed by atoms with E-state index in [0.717, 1.165) is 0 Å². The molecule has 25 heavy (non-hydrogen) atoms. The van der Waals surface area contributed by atoms with Gasteiger partial charge in [0.25, 0.3) is 5.56 Å². The summed E-state index contributed by atoms with van der Waals surface area (Å²) >= 11 is 0. The molecule has 1 aromatic heterocycles. The van der Waals surface area contributed by atoms with Crippen molar-refractivity contribution in [2.24, 2.45) is 7.05 Å². The topological polar surface area (TPSA) is 173 Å². The maximum atomic E-state index is 11.8. The van der Waals surface area contributed by atoms with Crippen LogP contribution in [0.1, 0.15) is 24.5 Å². The minimum atomic E-state index is -2.81. The van der Waals surface area contributed by atoms with Gasteiger partial charge in [0.15, 0.2) is 0 Å². The molecule has 1 aromatic rings. The molecule has 1 aliphatic rings. The maximum Gasteiger partial charge on any atom is 0.344 e. The SMILES string of the molecule is Cn1cc([C@H]2CC[C@@H](COP(O)OP(O)OP(O)O)O2)c(=O)[nH]c1=O. The molecule has 0 spiro atoms. The van der Waals surface area contributed by atoms with Gasteiger partial charge in [-0.2, -0.15) is 0 Å². The molecule has 2 heterocycles. The molecule has 0 aromatic carbocycles. The van der Waals surface area contributed by atoms with Crippen molar-refractivity contribution in [1.82, 2.24) is 9.55 Å². The molecule has 12 nitrogen and oxygen atoms in total. The quantitative estimate of drug-likeness (QED) is 0.362. The average Bonchev–Trinajstić information content (AvgIpc) is 2.96. The van der Waals surface area contributed by atoms with Crippen LogP contribution in [-0.4, -0.2) is 41.8 Å². The van der Waals surface area contributed by atoms with E-state index in [0.29, 0.717) is 18.4 Å². The van der Waals surface area contributed by atoms with Crippen molar-refractivity contribution in [3.63, 3.8) is 0 Å². The fourth-order valence-electron chi connectivity index (χ4n) is 2.18. The zero-order chi connectivity index (χ0) is 18.6. The molecule has 0 bridgehead atoms. The summed E-state index contributed by atoms with van der Waals surface area (Å²) < 4.78 is 20.6. The lowest BCUT2D eigenvalue weighted by Crippen LogP contribution is -2.31. The summed E-state index contributed by atoms with van der Waals surface area (Å²) in [7, 11) is -6.48. The van der Waals surface area contributed by atoms with Gasteiger partial charge in [-0.05, 0) is 12.8 Å². The summed E-state index contributed by atoms with van der Waals surface area (Å²) in [6, 6.07) is 0. The Morgan fingerprint density at radius 3 is 2.64 bits per heavy atom. The van der Waals surface area contributed by atoms with Crippen LogP contribution in [0.25, 0.3) is 0 Å². The number of aromatic nitrogens is 2. The molecule has 0 radical (unpaired) electrons. The van der Waals surface area contributed by atoms with Gasteiger partial charge in [0.05, 0.1) is 24.4 Å². The Bertz CT molecular complexity index is 682. The average molecular weight is 418 g/mol. The Morgan fingerprint density at radius 1 is 1.24 bits per heavy atom. The van der Waals surface area contributed by atoms with Crippen molar-refractivity contribution in [3.8, 4) is 0 Å². The minimum absolute atomic E-state index is 0.0709. The highest BCUT2D eigenvalue weighted by atomic mass is 31.3. The second-order valence-corrected chi connectivity index (χ2v) is 7.99. The molecule has 2 unspecified atom stereocenters. The predicted octanol–water partition coefficient (Wildman–Crippen LogP) is -0.00660. The van der Waals surface area contributed by atoms with Gasteiger partial charge in [-0.3, -0.25) is 9.78 Å². The molecule has 0 aliphatic carbocycles. The molecule has 4 atom stereocenters. The Morgan fingerprint density at radius 2 is 1.96 bits per heavy atom. The molecular weight excluding hydrogens is 401 g/mol. The summed E-state index contributed by atoms with van der Waals surface area (Å²) in [4.78, 5) is 61.1. The van der Waals surface area contributed by atoms with Crippen LogP contribution in [0.3, 0.4) is 0 Å². The van der Waals surface area contributed by atoms with E-state index >= 15 is 0 Å². The molecule has 142 valence electrons. The molecule has 15 heteroatoms. The van der Waals surface area contributed by atoms with Gasteiger partial charge in [0.1, 0.15) is 0 Å². The number of nitrogens with zero attached hydrogens (tertiary/aromatic N) is 1. The van der Waals surface area contributed by atoms with Gasteiger partial charge in [0, 0.05) is 13.2 Å². The van der Waals surface area contributed by atoms with Crippen LogP contribution in [0.15, 0.2) is 15.8 Å². The van der Waals surface area contributed by atoms with Crippen molar-refractivity contribution in [1.29, 1.82) is 0 Å². The Labute approximate surface area is 144 Å². The zero-order valence-electron chi connectivity index (χ0n) is 12.9. The largest absolute Gasteiger partial charge is 0.368 e.